The van der Waals surface area contributed by atoms with Gasteiger partial charge in [-0.15, -0.1) is 11.3 Å². The largest absolute Gasteiger partial charge is 0.453 e. The van der Waals surface area contributed by atoms with Crippen molar-refractivity contribution in [2.24, 2.45) is 0 Å². The quantitative estimate of drug-likeness (QED) is 0.655. The molecule has 0 aromatic carbocycles. The van der Waals surface area contributed by atoms with E-state index in [1.54, 1.807) is 16.2 Å². The number of methoxy groups -OCH3 is 1. The van der Waals surface area contributed by atoms with Crippen molar-refractivity contribution in [1.82, 2.24) is 9.88 Å². The zero-order chi connectivity index (χ0) is 10.1. The number of hydrogen-bond donors (Lipinski definition) is 0. The van der Waals surface area contributed by atoms with Crippen LogP contribution in [0.3, 0.4) is 0 Å². The van der Waals surface area contributed by atoms with Gasteiger partial charge < -0.3 is 9.64 Å². The van der Waals surface area contributed by atoms with Crippen LogP contribution in [0.1, 0.15) is 15.6 Å². The first kappa shape index (κ1) is 9.45. The number of rotatable bonds is 0. The Morgan fingerprint density at radius 3 is 3.14 bits per heavy atom. The first-order chi connectivity index (χ1) is 6.70. The number of thiazole rings is 1. The molecule has 1 aliphatic rings. The monoisotopic (exact) mass is 212 g/mol. The van der Waals surface area contributed by atoms with Crippen LogP contribution in [0.4, 0.5) is 4.79 Å². The van der Waals surface area contributed by atoms with Crippen molar-refractivity contribution in [3.05, 3.63) is 15.6 Å². The summed E-state index contributed by atoms with van der Waals surface area (Å²) in [5, 5.41) is 1.07. The van der Waals surface area contributed by atoms with E-state index in [0.29, 0.717) is 13.1 Å². The maximum atomic E-state index is 11.3. The molecule has 0 unspecified atom stereocenters. The SMILES string of the molecule is COC(=O)N1CCc2nc(C)sc2C1. The van der Waals surface area contributed by atoms with Crippen LogP contribution in [0.15, 0.2) is 0 Å². The molecule has 0 atom stereocenters. The third-order valence-electron chi connectivity index (χ3n) is 2.27. The molecular formula is C9H12N2O2S. The second-order valence-corrected chi connectivity index (χ2v) is 4.53. The van der Waals surface area contributed by atoms with E-state index in [1.807, 2.05) is 6.92 Å². The van der Waals surface area contributed by atoms with Crippen molar-refractivity contribution in [3.8, 4) is 0 Å². The van der Waals surface area contributed by atoms with Crippen LogP contribution in [0.2, 0.25) is 0 Å². The average Bonchev–Trinajstić information content (AvgIpc) is 2.55. The van der Waals surface area contributed by atoms with Gasteiger partial charge in [-0.25, -0.2) is 9.78 Å². The lowest BCUT2D eigenvalue weighted by atomic mass is 10.2. The summed E-state index contributed by atoms with van der Waals surface area (Å²) in [6.07, 6.45) is 0.594. The van der Waals surface area contributed by atoms with Crippen LogP contribution in [0, 0.1) is 6.92 Å². The molecule has 0 bridgehead atoms. The van der Waals surface area contributed by atoms with Gasteiger partial charge in [0, 0.05) is 17.8 Å². The molecule has 1 aromatic heterocycles. The summed E-state index contributed by atoms with van der Waals surface area (Å²) in [6, 6.07) is 0. The number of carbonyl (C=O) groups is 1. The molecule has 14 heavy (non-hydrogen) atoms. The molecule has 1 aliphatic heterocycles. The molecule has 0 spiro atoms. The summed E-state index contributed by atoms with van der Waals surface area (Å²) in [7, 11) is 1.41. The number of ether oxygens (including phenoxy) is 1. The van der Waals surface area contributed by atoms with Crippen molar-refractivity contribution < 1.29 is 9.53 Å². The van der Waals surface area contributed by atoms with E-state index in [9.17, 15) is 4.79 Å². The summed E-state index contributed by atoms with van der Waals surface area (Å²) in [6.45, 7) is 3.35. The Bertz CT molecular complexity index is 362. The fraction of sp³-hybridized carbons (Fsp3) is 0.556. The number of aryl methyl sites for hydroxylation is 1. The van der Waals surface area contributed by atoms with Gasteiger partial charge in [0.2, 0.25) is 0 Å². The number of amides is 1. The summed E-state index contributed by atoms with van der Waals surface area (Å²) >= 11 is 1.66. The van der Waals surface area contributed by atoms with E-state index in [2.05, 4.69) is 9.72 Å². The Hall–Kier alpha value is -1.10. The lowest BCUT2D eigenvalue weighted by Gasteiger charge is -2.24. The van der Waals surface area contributed by atoms with Crippen molar-refractivity contribution in [2.45, 2.75) is 19.9 Å². The number of hydrogen-bond acceptors (Lipinski definition) is 4. The van der Waals surface area contributed by atoms with Crippen molar-refractivity contribution in [2.75, 3.05) is 13.7 Å². The van der Waals surface area contributed by atoms with Gasteiger partial charge in [0.05, 0.1) is 24.4 Å². The van der Waals surface area contributed by atoms with Gasteiger partial charge in [-0.05, 0) is 6.92 Å². The number of nitrogens with zero attached hydrogens (tertiary/aromatic N) is 2. The predicted octanol–water partition coefficient (Wildman–Crippen LogP) is 1.58. The number of carbonyl (C=O) groups excluding carboxylic acids is 1. The zero-order valence-corrected chi connectivity index (χ0v) is 9.06. The summed E-state index contributed by atoms with van der Waals surface area (Å²) < 4.78 is 4.68. The zero-order valence-electron chi connectivity index (χ0n) is 8.24. The van der Waals surface area contributed by atoms with Crippen molar-refractivity contribution in [1.29, 1.82) is 0 Å². The lowest BCUT2D eigenvalue weighted by Crippen LogP contribution is -2.35. The maximum Gasteiger partial charge on any atom is 0.409 e. The Kier molecular flexibility index (Phi) is 2.41. The highest BCUT2D eigenvalue weighted by Gasteiger charge is 2.23. The maximum absolute atomic E-state index is 11.3. The number of aromatic nitrogens is 1. The highest BCUT2D eigenvalue weighted by atomic mass is 32.1. The minimum Gasteiger partial charge on any atom is -0.453 e. The van der Waals surface area contributed by atoms with Gasteiger partial charge in [-0.1, -0.05) is 0 Å². The Morgan fingerprint density at radius 1 is 1.64 bits per heavy atom. The Morgan fingerprint density at radius 2 is 2.43 bits per heavy atom. The topological polar surface area (TPSA) is 42.4 Å². The third-order valence-corrected chi connectivity index (χ3v) is 3.27. The first-order valence-corrected chi connectivity index (χ1v) is 5.30. The van der Waals surface area contributed by atoms with Gasteiger partial charge in [-0.2, -0.15) is 0 Å². The molecule has 0 saturated carbocycles. The molecule has 0 N–H and O–H groups in total. The van der Waals surface area contributed by atoms with Crippen LogP contribution >= 0.6 is 11.3 Å². The van der Waals surface area contributed by atoms with Crippen molar-refractivity contribution >= 4 is 17.4 Å². The molecule has 0 aliphatic carbocycles. The van der Waals surface area contributed by atoms with Crippen LogP contribution in [0.25, 0.3) is 0 Å². The van der Waals surface area contributed by atoms with E-state index in [4.69, 9.17) is 0 Å². The molecule has 5 heteroatoms. The van der Waals surface area contributed by atoms with E-state index in [-0.39, 0.29) is 6.09 Å². The molecule has 76 valence electrons. The second kappa shape index (κ2) is 3.57. The Balaban J connectivity index is 2.16. The molecule has 4 nitrogen and oxygen atoms in total. The lowest BCUT2D eigenvalue weighted by molar-refractivity contribution is 0.119. The Labute approximate surface area is 86.5 Å². The molecule has 2 rings (SSSR count). The molecule has 1 amide bonds. The van der Waals surface area contributed by atoms with Crippen LogP contribution in [0.5, 0.6) is 0 Å². The van der Waals surface area contributed by atoms with Gasteiger partial charge in [0.1, 0.15) is 0 Å². The third kappa shape index (κ3) is 1.59. The van der Waals surface area contributed by atoms with Gasteiger partial charge in [0.25, 0.3) is 0 Å². The smallest absolute Gasteiger partial charge is 0.409 e. The fourth-order valence-corrected chi connectivity index (χ4v) is 2.61. The second-order valence-electron chi connectivity index (χ2n) is 3.24. The van der Waals surface area contributed by atoms with Crippen molar-refractivity contribution in [3.63, 3.8) is 0 Å². The van der Waals surface area contributed by atoms with E-state index >= 15 is 0 Å². The van der Waals surface area contributed by atoms with Gasteiger partial charge in [0.15, 0.2) is 0 Å². The predicted molar refractivity (Wildman–Crippen MR) is 53.4 cm³/mol. The molecular weight excluding hydrogens is 200 g/mol. The minimum absolute atomic E-state index is 0.248. The van der Waals surface area contributed by atoms with Crippen LogP contribution in [-0.4, -0.2) is 29.6 Å². The summed E-state index contributed by atoms with van der Waals surface area (Å²) in [5.74, 6) is 0. The van der Waals surface area contributed by atoms with Gasteiger partial charge in [-0.3, -0.25) is 0 Å². The fourth-order valence-electron chi connectivity index (χ4n) is 1.61. The average molecular weight is 212 g/mol. The summed E-state index contributed by atoms with van der Waals surface area (Å²) in [5.41, 5.74) is 1.15. The number of fused-ring (bicyclic) bond motifs is 1. The molecule has 0 saturated heterocycles. The van der Waals surface area contributed by atoms with E-state index < -0.39 is 0 Å². The normalized spacial score (nSPS) is 15.1. The highest BCUT2D eigenvalue weighted by molar-refractivity contribution is 7.11. The molecule has 1 aromatic rings. The molecule has 0 radical (unpaired) electrons. The van der Waals surface area contributed by atoms with Gasteiger partial charge >= 0.3 is 6.09 Å². The summed E-state index contributed by atoms with van der Waals surface area (Å²) in [4.78, 5) is 18.6. The highest BCUT2D eigenvalue weighted by Crippen LogP contribution is 2.24. The van der Waals surface area contributed by atoms with Crippen LogP contribution < -0.4 is 0 Å². The van der Waals surface area contributed by atoms with E-state index in [0.717, 1.165) is 17.1 Å². The molecule has 0 fully saturated rings. The molecule has 2 heterocycles. The first-order valence-electron chi connectivity index (χ1n) is 4.49. The van der Waals surface area contributed by atoms with E-state index in [1.165, 1.54) is 12.0 Å². The van der Waals surface area contributed by atoms with Crippen LogP contribution in [-0.2, 0) is 17.7 Å². The standard InChI is InChI=1S/C9H12N2O2S/c1-6-10-7-3-4-11(9(12)13-2)5-8(7)14-6/h3-5H2,1-2H3. The minimum atomic E-state index is -0.248.